The van der Waals surface area contributed by atoms with Crippen LogP contribution in [0.2, 0.25) is 0 Å². The Morgan fingerprint density at radius 3 is 2.96 bits per heavy atom. The van der Waals surface area contributed by atoms with Crippen LogP contribution in [0.3, 0.4) is 0 Å². The number of hydrogen-bond donors (Lipinski definition) is 2. The van der Waals surface area contributed by atoms with E-state index in [0.29, 0.717) is 25.2 Å². The first-order chi connectivity index (χ1) is 13.5. The molecule has 28 heavy (non-hydrogen) atoms. The van der Waals surface area contributed by atoms with Gasteiger partial charge in [-0.05, 0) is 48.7 Å². The number of piperidine rings is 1. The number of hydrogen-bond acceptors (Lipinski definition) is 4. The highest BCUT2D eigenvalue weighted by Gasteiger charge is 2.27. The molecule has 3 N–H and O–H groups in total. The first kappa shape index (κ1) is 18.2. The van der Waals surface area contributed by atoms with Crippen molar-refractivity contribution in [2.24, 2.45) is 0 Å². The van der Waals surface area contributed by atoms with Crippen LogP contribution in [0.4, 0.5) is 5.69 Å². The van der Waals surface area contributed by atoms with Gasteiger partial charge in [0.1, 0.15) is 5.75 Å². The number of rotatable bonds is 4. The van der Waals surface area contributed by atoms with E-state index >= 15 is 0 Å². The van der Waals surface area contributed by atoms with Crippen LogP contribution in [-0.4, -0.2) is 40.6 Å². The minimum Gasteiger partial charge on any atom is -0.497 e. The van der Waals surface area contributed by atoms with E-state index < -0.39 is 0 Å². The fraction of sp³-hybridized carbons (Fsp3) is 0.333. The van der Waals surface area contributed by atoms with E-state index in [-0.39, 0.29) is 17.6 Å². The fourth-order valence-corrected chi connectivity index (χ4v) is 3.96. The zero-order valence-electron chi connectivity index (χ0n) is 15.9. The van der Waals surface area contributed by atoms with E-state index in [1.165, 1.54) is 0 Å². The molecule has 7 heteroatoms. The number of carbonyl (C=O) groups excluding carboxylic acids is 1. The van der Waals surface area contributed by atoms with Crippen LogP contribution >= 0.6 is 0 Å². The molecule has 0 spiro atoms. The number of carbonyl (C=O) groups is 1. The molecule has 2 aromatic carbocycles. The molecule has 1 aliphatic heterocycles. The van der Waals surface area contributed by atoms with Crippen LogP contribution in [0.1, 0.15) is 24.4 Å². The monoisotopic (exact) mass is 380 g/mol. The van der Waals surface area contributed by atoms with E-state index in [1.54, 1.807) is 17.7 Å². The maximum Gasteiger partial charge on any atom is 0.326 e. The number of ether oxygens (including phenoxy) is 1. The normalized spacial score (nSPS) is 17.0. The summed E-state index contributed by atoms with van der Waals surface area (Å²) in [6, 6.07) is 12.9. The summed E-state index contributed by atoms with van der Waals surface area (Å²) in [5.41, 5.74) is 8.84. The predicted octanol–water partition coefficient (Wildman–Crippen LogP) is 2.33. The smallest absolute Gasteiger partial charge is 0.326 e. The average molecular weight is 380 g/mol. The van der Waals surface area contributed by atoms with Gasteiger partial charge in [0.2, 0.25) is 5.91 Å². The van der Waals surface area contributed by atoms with Crippen molar-refractivity contribution in [2.45, 2.75) is 25.3 Å². The number of likely N-dealkylation sites (tertiary alicyclic amines) is 1. The van der Waals surface area contributed by atoms with Crippen LogP contribution in [0, 0.1) is 0 Å². The largest absolute Gasteiger partial charge is 0.497 e. The second-order valence-corrected chi connectivity index (χ2v) is 7.24. The Kier molecular flexibility index (Phi) is 4.81. The van der Waals surface area contributed by atoms with Crippen molar-refractivity contribution in [1.29, 1.82) is 0 Å². The molecular weight excluding hydrogens is 356 g/mol. The summed E-state index contributed by atoms with van der Waals surface area (Å²) < 4.78 is 6.98. The van der Waals surface area contributed by atoms with Gasteiger partial charge in [0.25, 0.3) is 0 Å². The summed E-state index contributed by atoms with van der Waals surface area (Å²) in [5.74, 6) is 0.801. The third kappa shape index (κ3) is 3.47. The minimum atomic E-state index is -0.160. The van der Waals surface area contributed by atoms with Gasteiger partial charge in [-0.1, -0.05) is 12.1 Å². The van der Waals surface area contributed by atoms with Crippen molar-refractivity contribution in [2.75, 3.05) is 25.9 Å². The Morgan fingerprint density at radius 2 is 2.14 bits per heavy atom. The van der Waals surface area contributed by atoms with Gasteiger partial charge in [0.15, 0.2) is 0 Å². The van der Waals surface area contributed by atoms with Gasteiger partial charge in [0, 0.05) is 18.8 Å². The number of anilines is 1. The molecule has 1 saturated heterocycles. The summed E-state index contributed by atoms with van der Waals surface area (Å²) in [6.45, 7) is 1.23. The molecule has 7 nitrogen and oxygen atoms in total. The summed E-state index contributed by atoms with van der Waals surface area (Å²) in [6.07, 6.45) is 2.03. The van der Waals surface area contributed by atoms with Crippen LogP contribution < -0.4 is 16.2 Å². The molecule has 1 atom stereocenters. The zero-order valence-corrected chi connectivity index (χ0v) is 15.9. The summed E-state index contributed by atoms with van der Waals surface area (Å²) >= 11 is 0. The number of amides is 1. The molecule has 2 heterocycles. The highest BCUT2D eigenvalue weighted by Crippen LogP contribution is 2.25. The van der Waals surface area contributed by atoms with Crippen LogP contribution in [-0.2, 0) is 11.2 Å². The lowest BCUT2D eigenvalue weighted by molar-refractivity contribution is -0.132. The van der Waals surface area contributed by atoms with Gasteiger partial charge in [0.05, 0.1) is 30.6 Å². The number of aromatic amines is 1. The molecule has 0 unspecified atom stereocenters. The molecule has 4 rings (SSSR count). The van der Waals surface area contributed by atoms with E-state index in [2.05, 4.69) is 4.98 Å². The second-order valence-electron chi connectivity index (χ2n) is 7.24. The molecule has 146 valence electrons. The number of nitrogen functional groups attached to an aromatic ring is 1. The second kappa shape index (κ2) is 7.42. The number of nitrogens with two attached hydrogens (primary N) is 1. The summed E-state index contributed by atoms with van der Waals surface area (Å²) in [5, 5.41) is 0. The molecule has 0 aliphatic carbocycles. The Labute approximate surface area is 162 Å². The Hall–Kier alpha value is -3.22. The molecule has 1 amide bonds. The first-order valence-electron chi connectivity index (χ1n) is 9.45. The van der Waals surface area contributed by atoms with Crippen molar-refractivity contribution in [1.82, 2.24) is 14.5 Å². The van der Waals surface area contributed by atoms with Crippen molar-refractivity contribution in [3.8, 4) is 5.75 Å². The number of aromatic nitrogens is 2. The number of nitrogens with one attached hydrogen (secondary N) is 1. The SMILES string of the molecule is COc1cccc(CC(=O)N2CCC[C@H](n3c(=O)[nH]c4ccc(N)cc43)C2)c1. The molecule has 1 aliphatic rings. The number of methoxy groups -OCH3 is 1. The lowest BCUT2D eigenvalue weighted by atomic mass is 10.0. The highest BCUT2D eigenvalue weighted by atomic mass is 16.5. The quantitative estimate of drug-likeness (QED) is 0.680. The van der Waals surface area contributed by atoms with Gasteiger partial charge < -0.3 is 20.4 Å². The average Bonchev–Trinajstić information content (AvgIpc) is 3.03. The van der Waals surface area contributed by atoms with Crippen LogP contribution in [0.25, 0.3) is 11.0 Å². The maximum absolute atomic E-state index is 12.9. The Bertz CT molecular complexity index is 1070. The number of H-pyrrole nitrogens is 1. The van der Waals surface area contributed by atoms with Crippen LogP contribution in [0.5, 0.6) is 5.75 Å². The van der Waals surface area contributed by atoms with E-state index in [0.717, 1.165) is 35.2 Å². The lowest BCUT2D eigenvalue weighted by Gasteiger charge is -2.33. The first-order valence-corrected chi connectivity index (χ1v) is 9.45. The third-order valence-electron chi connectivity index (χ3n) is 5.35. The van der Waals surface area contributed by atoms with E-state index in [1.807, 2.05) is 41.3 Å². The van der Waals surface area contributed by atoms with Gasteiger partial charge in [-0.2, -0.15) is 0 Å². The van der Waals surface area contributed by atoms with Crippen molar-refractivity contribution in [3.05, 3.63) is 58.5 Å². The standard InChI is InChI=1S/C21H24N4O3/c1-28-17-6-2-4-14(10-17)11-20(26)24-9-3-5-16(13-24)25-19-12-15(22)7-8-18(19)23-21(25)27/h2,4,6-8,10,12,16H,3,5,9,11,13,22H2,1H3,(H,23,27)/t16-/m0/s1. The van der Waals surface area contributed by atoms with E-state index in [4.69, 9.17) is 10.5 Å². The fourth-order valence-electron chi connectivity index (χ4n) is 3.96. The van der Waals surface area contributed by atoms with Gasteiger partial charge in [-0.3, -0.25) is 9.36 Å². The molecule has 0 saturated carbocycles. The maximum atomic E-state index is 12.9. The lowest BCUT2D eigenvalue weighted by Crippen LogP contribution is -2.43. The highest BCUT2D eigenvalue weighted by molar-refractivity contribution is 5.80. The number of benzene rings is 2. The van der Waals surface area contributed by atoms with Crippen LogP contribution in [0.15, 0.2) is 47.3 Å². The van der Waals surface area contributed by atoms with Crippen molar-refractivity contribution in [3.63, 3.8) is 0 Å². The molecule has 0 bridgehead atoms. The predicted molar refractivity (Wildman–Crippen MR) is 109 cm³/mol. The number of nitrogens with zero attached hydrogens (tertiary/aromatic N) is 2. The van der Waals surface area contributed by atoms with E-state index in [9.17, 15) is 9.59 Å². The van der Waals surface area contributed by atoms with Crippen molar-refractivity contribution < 1.29 is 9.53 Å². The minimum absolute atomic E-state index is 0.0605. The molecule has 0 radical (unpaired) electrons. The number of fused-ring (bicyclic) bond motifs is 1. The third-order valence-corrected chi connectivity index (χ3v) is 5.35. The topological polar surface area (TPSA) is 93.3 Å². The molecular formula is C21H24N4O3. The molecule has 1 fully saturated rings. The zero-order chi connectivity index (χ0) is 19.7. The molecule has 1 aromatic heterocycles. The summed E-state index contributed by atoms with van der Waals surface area (Å²) in [7, 11) is 1.61. The van der Waals surface area contributed by atoms with Gasteiger partial charge in [-0.15, -0.1) is 0 Å². The summed E-state index contributed by atoms with van der Waals surface area (Å²) in [4.78, 5) is 30.1. The molecule has 3 aromatic rings. The van der Waals surface area contributed by atoms with Gasteiger partial charge >= 0.3 is 5.69 Å². The number of imidazole rings is 1. The Morgan fingerprint density at radius 1 is 1.29 bits per heavy atom. The van der Waals surface area contributed by atoms with Crippen molar-refractivity contribution >= 4 is 22.6 Å². The Balaban J connectivity index is 1.55. The van der Waals surface area contributed by atoms with Gasteiger partial charge in [-0.25, -0.2) is 4.79 Å².